The third-order valence-electron chi connectivity index (χ3n) is 6.85. The van der Waals surface area contributed by atoms with Crippen molar-refractivity contribution in [3.05, 3.63) is 47.3 Å². The summed E-state index contributed by atoms with van der Waals surface area (Å²) in [7, 11) is 1.62. The second-order valence-corrected chi connectivity index (χ2v) is 8.80. The zero-order valence-corrected chi connectivity index (χ0v) is 18.6. The molecule has 0 spiro atoms. The van der Waals surface area contributed by atoms with Gasteiger partial charge >= 0.3 is 6.18 Å². The molecule has 4 rings (SSSR count). The van der Waals surface area contributed by atoms with Crippen LogP contribution in [0.5, 0.6) is 0 Å². The van der Waals surface area contributed by atoms with E-state index in [2.05, 4.69) is 5.10 Å². The number of aryl methyl sites for hydroxylation is 1. The highest BCUT2D eigenvalue weighted by Crippen LogP contribution is 2.45. The fraction of sp³-hybridized carbons (Fsp3) is 0.522. The lowest BCUT2D eigenvalue weighted by atomic mass is 9.73. The van der Waals surface area contributed by atoms with Gasteiger partial charge < -0.3 is 14.5 Å². The van der Waals surface area contributed by atoms with Crippen LogP contribution in [-0.4, -0.2) is 60.5 Å². The lowest BCUT2D eigenvalue weighted by Gasteiger charge is -2.42. The molecule has 176 valence electrons. The first-order valence-electron chi connectivity index (χ1n) is 10.9. The highest BCUT2D eigenvalue weighted by molar-refractivity contribution is 5.93. The van der Waals surface area contributed by atoms with Gasteiger partial charge in [0.15, 0.2) is 0 Å². The summed E-state index contributed by atoms with van der Waals surface area (Å²) in [6.45, 7) is 5.17. The predicted octanol–water partition coefficient (Wildman–Crippen LogP) is 3.41. The number of carbonyl (C=O) groups excluding carboxylic acids is 1. The molecule has 0 saturated carbocycles. The number of likely N-dealkylation sites (tertiary alicyclic amines) is 1. The Balaban J connectivity index is 1.58. The number of aromatic nitrogens is 2. The lowest BCUT2D eigenvalue weighted by molar-refractivity contribution is -0.137. The van der Waals surface area contributed by atoms with E-state index >= 15 is 0 Å². The summed E-state index contributed by atoms with van der Waals surface area (Å²) in [5, 5.41) is 13.3. The Morgan fingerprint density at radius 1 is 1.36 bits per heavy atom. The highest BCUT2D eigenvalue weighted by Gasteiger charge is 2.50. The van der Waals surface area contributed by atoms with Crippen molar-refractivity contribution in [3.63, 3.8) is 0 Å². The van der Waals surface area contributed by atoms with Crippen LogP contribution in [0.1, 0.15) is 34.8 Å². The number of alkyl halides is 3. The Morgan fingerprint density at radius 3 is 2.79 bits per heavy atom. The molecule has 2 aliphatic heterocycles. The summed E-state index contributed by atoms with van der Waals surface area (Å²) in [5.41, 5.74) is -0.617. The highest BCUT2D eigenvalue weighted by atomic mass is 19.4. The molecule has 33 heavy (non-hydrogen) atoms. The van der Waals surface area contributed by atoms with Gasteiger partial charge in [0.1, 0.15) is 0 Å². The first-order valence-corrected chi connectivity index (χ1v) is 10.9. The molecule has 1 amide bonds. The average Bonchev–Trinajstić information content (AvgIpc) is 3.42. The number of nitriles is 1. The number of hydrogen-bond donors (Lipinski definition) is 0. The molecule has 2 aliphatic rings. The normalized spacial score (nSPS) is 22.8. The van der Waals surface area contributed by atoms with Crippen molar-refractivity contribution in [3.8, 4) is 6.07 Å². The molecule has 7 nitrogen and oxygen atoms in total. The van der Waals surface area contributed by atoms with Gasteiger partial charge in [-0.15, -0.1) is 0 Å². The van der Waals surface area contributed by atoms with Crippen molar-refractivity contribution < 1.29 is 22.7 Å². The average molecular weight is 461 g/mol. The Hall–Kier alpha value is -3.06. The van der Waals surface area contributed by atoms with Crippen LogP contribution in [0, 0.1) is 22.7 Å². The maximum absolute atomic E-state index is 13.5. The first-order chi connectivity index (χ1) is 15.7. The maximum Gasteiger partial charge on any atom is 0.417 e. The topological polar surface area (TPSA) is 74.4 Å². The van der Waals surface area contributed by atoms with E-state index in [1.54, 1.807) is 41.2 Å². The van der Waals surface area contributed by atoms with Gasteiger partial charge in [0, 0.05) is 63.1 Å². The molecule has 2 saturated heterocycles. The van der Waals surface area contributed by atoms with Crippen molar-refractivity contribution in [1.29, 1.82) is 5.26 Å². The second kappa shape index (κ2) is 8.71. The van der Waals surface area contributed by atoms with Crippen LogP contribution in [0.4, 0.5) is 18.9 Å². The van der Waals surface area contributed by atoms with Crippen molar-refractivity contribution in [2.45, 2.75) is 26.1 Å². The van der Waals surface area contributed by atoms with Crippen molar-refractivity contribution in [1.82, 2.24) is 14.7 Å². The molecule has 0 unspecified atom stereocenters. The monoisotopic (exact) mass is 461 g/mol. The number of halogens is 3. The van der Waals surface area contributed by atoms with Gasteiger partial charge in [-0.3, -0.25) is 9.48 Å². The summed E-state index contributed by atoms with van der Waals surface area (Å²) in [5.74, 6) is -0.0433. The van der Waals surface area contributed by atoms with E-state index in [0.717, 1.165) is 6.07 Å². The molecular formula is C23H26F3N5O2. The molecule has 0 N–H and O–H groups in total. The molecule has 0 radical (unpaired) electrons. The van der Waals surface area contributed by atoms with Crippen LogP contribution >= 0.6 is 0 Å². The Bertz CT molecular complexity index is 1080. The molecule has 0 aliphatic carbocycles. The smallest absolute Gasteiger partial charge is 0.384 e. The Labute approximate surface area is 190 Å². The molecule has 2 fully saturated rings. The molecule has 10 heteroatoms. The number of fused-ring (bicyclic) bond motifs is 1. The summed E-state index contributed by atoms with van der Waals surface area (Å²) in [6.07, 6.45) is -0.614. The molecule has 1 aromatic heterocycles. The molecule has 2 atom stereocenters. The number of amides is 1. The molecule has 2 aromatic rings. The summed E-state index contributed by atoms with van der Waals surface area (Å²) >= 11 is 0. The quantitative estimate of drug-likeness (QED) is 0.682. The summed E-state index contributed by atoms with van der Waals surface area (Å²) in [4.78, 5) is 16.8. The zero-order valence-electron chi connectivity index (χ0n) is 18.6. The maximum atomic E-state index is 13.5. The third-order valence-corrected chi connectivity index (χ3v) is 6.85. The number of piperidine rings is 1. The second-order valence-electron chi connectivity index (χ2n) is 8.80. The van der Waals surface area contributed by atoms with Gasteiger partial charge in [-0.2, -0.15) is 23.5 Å². The fourth-order valence-electron chi connectivity index (χ4n) is 5.08. The number of benzene rings is 1. The molecule has 3 heterocycles. The Morgan fingerprint density at radius 2 is 2.15 bits per heavy atom. The van der Waals surface area contributed by atoms with E-state index in [-0.39, 0.29) is 22.8 Å². The number of methoxy groups -OCH3 is 1. The minimum absolute atomic E-state index is 0.0429. The van der Waals surface area contributed by atoms with E-state index in [4.69, 9.17) is 10.00 Å². The van der Waals surface area contributed by atoms with E-state index in [1.807, 2.05) is 11.8 Å². The number of nitrogens with zero attached hydrogens (tertiary/aromatic N) is 5. The number of carbonyl (C=O) groups is 1. The SMILES string of the molecule is CCn1cc(C(=O)N2CC[C@@]3(COC)CN(c4ccc(C#N)c(C(F)(F)F)c4)C[C@H]3C2)cn1. The van der Waals surface area contributed by atoms with Gasteiger partial charge in [-0.1, -0.05) is 0 Å². The molecular weight excluding hydrogens is 435 g/mol. The van der Waals surface area contributed by atoms with E-state index in [1.165, 1.54) is 6.07 Å². The summed E-state index contributed by atoms with van der Waals surface area (Å²) < 4.78 is 47.7. The number of rotatable bonds is 5. The number of anilines is 1. The van der Waals surface area contributed by atoms with Gasteiger partial charge in [-0.05, 0) is 31.5 Å². The van der Waals surface area contributed by atoms with Crippen LogP contribution in [-0.2, 0) is 17.5 Å². The van der Waals surface area contributed by atoms with Crippen LogP contribution in [0.25, 0.3) is 0 Å². The zero-order chi connectivity index (χ0) is 23.8. The Kier molecular flexibility index (Phi) is 6.10. The lowest BCUT2D eigenvalue weighted by Crippen LogP contribution is -2.50. The molecule has 1 aromatic carbocycles. The van der Waals surface area contributed by atoms with Crippen LogP contribution < -0.4 is 4.90 Å². The van der Waals surface area contributed by atoms with Gasteiger partial charge in [0.25, 0.3) is 5.91 Å². The standard InChI is InChI=1S/C23H26F3N5O2/c1-3-31-11-17(10-28-31)21(32)29-7-6-22(15-33-2)14-30(13-18(22)12-29)19-5-4-16(9-27)20(8-19)23(24,25)26/h4-5,8,10-11,18H,3,6-7,12-15H2,1-2H3/t18-,22+/m1/s1. The third kappa shape index (κ3) is 4.29. The minimum atomic E-state index is -4.61. The van der Waals surface area contributed by atoms with Crippen LogP contribution in [0.2, 0.25) is 0 Å². The molecule has 0 bridgehead atoms. The number of hydrogen-bond acceptors (Lipinski definition) is 5. The van der Waals surface area contributed by atoms with Gasteiger partial charge in [0.2, 0.25) is 0 Å². The fourth-order valence-corrected chi connectivity index (χ4v) is 5.08. The first kappa shape index (κ1) is 23.1. The van der Waals surface area contributed by atoms with Crippen LogP contribution in [0.3, 0.4) is 0 Å². The number of ether oxygens (including phenoxy) is 1. The predicted molar refractivity (Wildman–Crippen MR) is 115 cm³/mol. The van der Waals surface area contributed by atoms with E-state index < -0.39 is 11.7 Å². The minimum Gasteiger partial charge on any atom is -0.384 e. The van der Waals surface area contributed by atoms with E-state index in [0.29, 0.717) is 57.0 Å². The summed E-state index contributed by atoms with van der Waals surface area (Å²) in [6, 6.07) is 5.47. The van der Waals surface area contributed by atoms with E-state index in [9.17, 15) is 18.0 Å². The van der Waals surface area contributed by atoms with Crippen molar-refractivity contribution in [2.24, 2.45) is 11.3 Å². The van der Waals surface area contributed by atoms with Gasteiger partial charge in [-0.25, -0.2) is 0 Å². The van der Waals surface area contributed by atoms with Gasteiger partial charge in [0.05, 0.1) is 35.6 Å². The van der Waals surface area contributed by atoms with Crippen molar-refractivity contribution >= 4 is 11.6 Å². The van der Waals surface area contributed by atoms with Crippen LogP contribution in [0.15, 0.2) is 30.6 Å². The van der Waals surface area contributed by atoms with Crippen molar-refractivity contribution in [2.75, 3.05) is 44.8 Å². The largest absolute Gasteiger partial charge is 0.417 e.